The molecule has 0 radical (unpaired) electrons. The van der Waals surface area contributed by atoms with Gasteiger partial charge in [0.2, 0.25) is 5.95 Å². The van der Waals surface area contributed by atoms with Crippen molar-refractivity contribution in [3.05, 3.63) is 77.8 Å². The monoisotopic (exact) mass is 561 g/mol. The molecule has 0 amide bonds. The fraction of sp³-hybridized carbons (Fsp3) is 0.286. The van der Waals surface area contributed by atoms with Gasteiger partial charge in [0.1, 0.15) is 23.3 Å². The Labute approximate surface area is 231 Å². The molecule has 10 nitrogen and oxygen atoms in total. The minimum atomic E-state index is -3.97. The molecular formula is C28H28FN7O3S. The molecule has 1 aliphatic heterocycles. The molecule has 0 aliphatic carbocycles. The lowest BCUT2D eigenvalue weighted by Crippen LogP contribution is -2.44. The van der Waals surface area contributed by atoms with Gasteiger partial charge in [0, 0.05) is 29.8 Å². The van der Waals surface area contributed by atoms with Crippen LogP contribution in [0.2, 0.25) is 0 Å². The maximum absolute atomic E-state index is 15.2. The SMILES string of the molecule is Cc1ccc(S(=O)(=O)n2ccc3c(-c4cc(-n5c(C)nnc5C)nc(N5CCOC[C@H]5C)n4)cc(F)cc32)cc1. The molecule has 3 aromatic heterocycles. The minimum absolute atomic E-state index is 0.0215. The van der Waals surface area contributed by atoms with E-state index in [0.717, 1.165) is 9.54 Å². The van der Waals surface area contributed by atoms with Crippen LogP contribution < -0.4 is 4.90 Å². The van der Waals surface area contributed by atoms with E-state index in [4.69, 9.17) is 14.7 Å². The van der Waals surface area contributed by atoms with Crippen LogP contribution in [0.15, 0.2) is 59.6 Å². The second kappa shape index (κ2) is 9.79. The molecule has 0 spiro atoms. The molecule has 0 N–H and O–H groups in total. The lowest BCUT2D eigenvalue weighted by Gasteiger charge is -2.33. The Morgan fingerprint density at radius 2 is 1.70 bits per heavy atom. The number of benzene rings is 2. The summed E-state index contributed by atoms with van der Waals surface area (Å²) in [6.45, 7) is 9.21. The Hall–Kier alpha value is -4.16. The van der Waals surface area contributed by atoms with Crippen LogP contribution in [0.3, 0.4) is 0 Å². The predicted octanol–water partition coefficient (Wildman–Crippen LogP) is 4.21. The molecule has 5 aromatic rings. The van der Waals surface area contributed by atoms with Gasteiger partial charge in [-0.1, -0.05) is 17.7 Å². The topological polar surface area (TPSA) is 108 Å². The van der Waals surface area contributed by atoms with E-state index in [9.17, 15) is 8.42 Å². The Morgan fingerprint density at radius 3 is 2.40 bits per heavy atom. The standard InChI is InChI=1S/C28H28FN7O3S/c1-17-5-7-22(8-6-17)40(37,38)35-10-9-23-24(13-21(29)14-26(23)35)25-15-27(36-19(3)32-33-20(36)4)31-28(30-25)34-11-12-39-16-18(34)2/h5-10,13-15,18H,11-12,16H2,1-4H3/t18-/m1/s1. The van der Waals surface area contributed by atoms with Gasteiger partial charge in [-0.3, -0.25) is 4.57 Å². The number of hydrogen-bond acceptors (Lipinski definition) is 8. The summed E-state index contributed by atoms with van der Waals surface area (Å²) in [7, 11) is -3.97. The molecule has 0 bridgehead atoms. The van der Waals surface area contributed by atoms with Gasteiger partial charge in [-0.05, 0) is 58.0 Å². The summed E-state index contributed by atoms with van der Waals surface area (Å²) < 4.78 is 50.8. The average Bonchev–Trinajstić information content (AvgIpc) is 3.51. The summed E-state index contributed by atoms with van der Waals surface area (Å²) in [6, 6.07) is 12.6. The first-order valence-electron chi connectivity index (χ1n) is 12.9. The fourth-order valence-corrected chi connectivity index (χ4v) is 6.39. The van der Waals surface area contributed by atoms with Crippen molar-refractivity contribution in [1.82, 2.24) is 28.7 Å². The summed E-state index contributed by atoms with van der Waals surface area (Å²) in [5, 5.41) is 8.88. The van der Waals surface area contributed by atoms with E-state index in [2.05, 4.69) is 15.1 Å². The van der Waals surface area contributed by atoms with Gasteiger partial charge in [0.05, 0.1) is 35.4 Å². The van der Waals surface area contributed by atoms with Crippen molar-refractivity contribution >= 4 is 26.9 Å². The lowest BCUT2D eigenvalue weighted by molar-refractivity contribution is 0.0981. The zero-order chi connectivity index (χ0) is 28.2. The molecule has 1 aliphatic rings. The molecule has 40 heavy (non-hydrogen) atoms. The van der Waals surface area contributed by atoms with Crippen molar-refractivity contribution in [2.75, 3.05) is 24.7 Å². The summed E-state index contributed by atoms with van der Waals surface area (Å²) >= 11 is 0. The van der Waals surface area contributed by atoms with E-state index < -0.39 is 15.8 Å². The Morgan fingerprint density at radius 1 is 0.975 bits per heavy atom. The highest BCUT2D eigenvalue weighted by molar-refractivity contribution is 7.90. The summed E-state index contributed by atoms with van der Waals surface area (Å²) in [6.07, 6.45) is 1.45. The first kappa shape index (κ1) is 26.1. The first-order valence-corrected chi connectivity index (χ1v) is 14.3. The number of anilines is 1. The maximum atomic E-state index is 15.2. The van der Waals surface area contributed by atoms with E-state index in [1.54, 1.807) is 36.4 Å². The van der Waals surface area contributed by atoms with Crippen molar-refractivity contribution in [2.45, 2.75) is 38.6 Å². The second-order valence-electron chi connectivity index (χ2n) is 9.97. The normalized spacial score (nSPS) is 16.1. The molecule has 6 rings (SSSR count). The van der Waals surface area contributed by atoms with Gasteiger partial charge in [-0.25, -0.2) is 21.8 Å². The number of ether oxygens (including phenoxy) is 1. The van der Waals surface area contributed by atoms with E-state index in [1.165, 1.54) is 18.3 Å². The third kappa shape index (κ3) is 4.42. The Kier molecular flexibility index (Phi) is 6.38. The van der Waals surface area contributed by atoms with Gasteiger partial charge in [-0.15, -0.1) is 10.2 Å². The number of nitrogens with zero attached hydrogens (tertiary/aromatic N) is 7. The highest BCUT2D eigenvalue weighted by Crippen LogP contribution is 2.34. The molecule has 1 saturated heterocycles. The third-order valence-corrected chi connectivity index (χ3v) is 8.84. The lowest BCUT2D eigenvalue weighted by atomic mass is 10.1. The molecule has 2 aromatic carbocycles. The number of rotatable bonds is 5. The Balaban J connectivity index is 1.56. The van der Waals surface area contributed by atoms with Gasteiger partial charge < -0.3 is 9.64 Å². The van der Waals surface area contributed by atoms with Crippen LogP contribution in [0.4, 0.5) is 10.3 Å². The number of aryl methyl sites for hydroxylation is 3. The highest BCUT2D eigenvalue weighted by atomic mass is 32.2. The number of aromatic nitrogens is 6. The number of hydrogen-bond donors (Lipinski definition) is 0. The maximum Gasteiger partial charge on any atom is 0.268 e. The molecule has 4 heterocycles. The van der Waals surface area contributed by atoms with Gasteiger partial charge in [0.25, 0.3) is 10.0 Å². The van der Waals surface area contributed by atoms with Crippen LogP contribution in [0.25, 0.3) is 28.0 Å². The number of halogens is 1. The summed E-state index contributed by atoms with van der Waals surface area (Å²) in [5.74, 6) is 1.69. The summed E-state index contributed by atoms with van der Waals surface area (Å²) in [5.41, 5.74) is 2.05. The largest absolute Gasteiger partial charge is 0.377 e. The fourth-order valence-electron chi connectivity index (χ4n) is 5.06. The van der Waals surface area contributed by atoms with Crippen molar-refractivity contribution in [2.24, 2.45) is 0 Å². The Bertz CT molecular complexity index is 1830. The van der Waals surface area contributed by atoms with Crippen LogP contribution in [0, 0.1) is 26.6 Å². The van der Waals surface area contributed by atoms with Crippen molar-refractivity contribution in [3.8, 4) is 17.1 Å². The first-order chi connectivity index (χ1) is 19.1. The van der Waals surface area contributed by atoms with Crippen molar-refractivity contribution in [3.63, 3.8) is 0 Å². The summed E-state index contributed by atoms with van der Waals surface area (Å²) in [4.78, 5) is 11.9. The van der Waals surface area contributed by atoms with Crippen molar-refractivity contribution in [1.29, 1.82) is 0 Å². The van der Waals surface area contributed by atoms with Crippen LogP contribution in [0.5, 0.6) is 0 Å². The minimum Gasteiger partial charge on any atom is -0.377 e. The van der Waals surface area contributed by atoms with Crippen molar-refractivity contribution < 1.29 is 17.5 Å². The van der Waals surface area contributed by atoms with E-state index in [-0.39, 0.29) is 16.5 Å². The molecule has 1 fully saturated rings. The zero-order valence-electron chi connectivity index (χ0n) is 22.5. The third-order valence-electron chi connectivity index (χ3n) is 7.13. The average molecular weight is 562 g/mol. The number of morpholine rings is 1. The molecule has 206 valence electrons. The van der Waals surface area contributed by atoms with E-state index in [0.29, 0.717) is 59.8 Å². The van der Waals surface area contributed by atoms with Crippen LogP contribution in [-0.4, -0.2) is 62.9 Å². The van der Waals surface area contributed by atoms with E-state index >= 15 is 4.39 Å². The number of fused-ring (bicyclic) bond motifs is 1. The van der Waals surface area contributed by atoms with Crippen LogP contribution in [-0.2, 0) is 14.8 Å². The van der Waals surface area contributed by atoms with Gasteiger partial charge >= 0.3 is 0 Å². The molecular weight excluding hydrogens is 533 g/mol. The highest BCUT2D eigenvalue weighted by Gasteiger charge is 2.26. The molecule has 1 atom stereocenters. The second-order valence-corrected chi connectivity index (χ2v) is 11.8. The van der Waals surface area contributed by atoms with E-state index in [1.807, 2.05) is 32.3 Å². The molecule has 12 heteroatoms. The van der Waals surface area contributed by atoms with Crippen LogP contribution >= 0.6 is 0 Å². The predicted molar refractivity (Wildman–Crippen MR) is 149 cm³/mol. The van der Waals surface area contributed by atoms with Gasteiger partial charge in [-0.2, -0.15) is 4.98 Å². The molecule has 0 saturated carbocycles. The van der Waals surface area contributed by atoms with Crippen LogP contribution in [0.1, 0.15) is 24.1 Å². The zero-order valence-corrected chi connectivity index (χ0v) is 23.4. The van der Waals surface area contributed by atoms with Gasteiger partial charge in [0.15, 0.2) is 0 Å². The smallest absolute Gasteiger partial charge is 0.268 e. The molecule has 0 unspecified atom stereocenters. The quantitative estimate of drug-likeness (QED) is 0.314.